The Kier molecular flexibility index (Phi) is 6.08. The summed E-state index contributed by atoms with van der Waals surface area (Å²) in [5.41, 5.74) is 4.59. The molecule has 26 heavy (non-hydrogen) atoms. The smallest absolute Gasteiger partial charge is 0.241 e. The van der Waals surface area contributed by atoms with Gasteiger partial charge in [0.1, 0.15) is 6.54 Å². The first kappa shape index (κ1) is 20.0. The molecule has 140 valence electrons. The van der Waals surface area contributed by atoms with Gasteiger partial charge in [-0.1, -0.05) is 42.0 Å². The zero-order chi connectivity index (χ0) is 19.5. The monoisotopic (exact) mass is 374 g/mol. The quantitative estimate of drug-likeness (QED) is 0.844. The number of amides is 1. The predicted octanol–water partition coefficient (Wildman–Crippen LogP) is 3.26. The molecule has 2 aromatic rings. The first-order chi connectivity index (χ1) is 12.1. The van der Waals surface area contributed by atoms with Gasteiger partial charge in [0.25, 0.3) is 0 Å². The molecule has 1 N–H and O–H groups in total. The summed E-state index contributed by atoms with van der Waals surface area (Å²) in [7, 11) is -3.58. The normalized spacial score (nSPS) is 12.5. The van der Waals surface area contributed by atoms with Gasteiger partial charge in [0, 0.05) is 0 Å². The van der Waals surface area contributed by atoms with E-state index in [1.165, 1.54) is 0 Å². The minimum atomic E-state index is -3.58. The fourth-order valence-corrected chi connectivity index (χ4v) is 3.95. The number of aryl methyl sites for hydroxylation is 3. The fourth-order valence-electron chi connectivity index (χ4n) is 3.03. The van der Waals surface area contributed by atoms with E-state index in [0.29, 0.717) is 5.69 Å². The van der Waals surface area contributed by atoms with E-state index < -0.39 is 10.0 Å². The molecule has 0 aliphatic rings. The molecule has 1 unspecified atom stereocenters. The van der Waals surface area contributed by atoms with Gasteiger partial charge in [-0.2, -0.15) is 0 Å². The van der Waals surface area contributed by atoms with Crippen LogP contribution in [-0.2, 0) is 14.8 Å². The number of hydrogen-bond acceptors (Lipinski definition) is 3. The number of carbonyl (C=O) groups excluding carboxylic acids is 1. The van der Waals surface area contributed by atoms with Crippen molar-refractivity contribution in [2.75, 3.05) is 17.1 Å². The molecule has 0 heterocycles. The van der Waals surface area contributed by atoms with E-state index in [1.54, 1.807) is 12.1 Å². The first-order valence-electron chi connectivity index (χ1n) is 8.49. The van der Waals surface area contributed by atoms with Crippen molar-refractivity contribution in [1.82, 2.24) is 5.32 Å². The predicted molar refractivity (Wildman–Crippen MR) is 106 cm³/mol. The maximum absolute atomic E-state index is 12.5. The standard InChI is InChI=1S/C20H26N2O3S/c1-14-10-11-18(16(3)12-14)17(4)21-20(23)13-22(26(5,24)25)19-9-7-6-8-15(19)2/h6-12,17H,13H2,1-5H3,(H,21,23). The molecule has 0 saturated carbocycles. The number of nitrogens with one attached hydrogen (secondary N) is 1. The van der Waals surface area contributed by atoms with Crippen molar-refractivity contribution < 1.29 is 13.2 Å². The molecule has 0 fully saturated rings. The van der Waals surface area contributed by atoms with Crippen molar-refractivity contribution in [3.63, 3.8) is 0 Å². The minimum Gasteiger partial charge on any atom is -0.348 e. The van der Waals surface area contributed by atoms with Gasteiger partial charge in [0.05, 0.1) is 18.0 Å². The van der Waals surface area contributed by atoms with Crippen molar-refractivity contribution in [3.8, 4) is 0 Å². The Labute approximate surface area is 156 Å². The molecule has 6 heteroatoms. The average molecular weight is 375 g/mol. The highest BCUT2D eigenvalue weighted by atomic mass is 32.2. The van der Waals surface area contributed by atoms with Crippen LogP contribution < -0.4 is 9.62 Å². The summed E-state index contributed by atoms with van der Waals surface area (Å²) in [6, 6.07) is 13.0. The Morgan fingerprint density at radius 3 is 2.31 bits per heavy atom. The minimum absolute atomic E-state index is 0.207. The molecule has 0 saturated heterocycles. The summed E-state index contributed by atoms with van der Waals surface area (Å²) >= 11 is 0. The van der Waals surface area contributed by atoms with E-state index in [1.807, 2.05) is 52.0 Å². The molecule has 0 bridgehead atoms. The van der Waals surface area contributed by atoms with Crippen molar-refractivity contribution in [2.24, 2.45) is 0 Å². The Balaban J connectivity index is 2.19. The lowest BCUT2D eigenvalue weighted by atomic mass is 10.0. The van der Waals surface area contributed by atoms with Crippen molar-refractivity contribution in [1.29, 1.82) is 0 Å². The molecule has 0 aromatic heterocycles. The number of carbonyl (C=O) groups is 1. The summed E-state index contributed by atoms with van der Waals surface area (Å²) in [5.74, 6) is -0.342. The van der Waals surface area contributed by atoms with Crippen LogP contribution in [0, 0.1) is 20.8 Å². The lowest BCUT2D eigenvalue weighted by molar-refractivity contribution is -0.120. The van der Waals surface area contributed by atoms with Crippen LogP contribution in [0.4, 0.5) is 5.69 Å². The average Bonchev–Trinajstić information content (AvgIpc) is 2.52. The molecule has 5 nitrogen and oxygen atoms in total. The van der Waals surface area contributed by atoms with E-state index in [-0.39, 0.29) is 18.5 Å². The second-order valence-corrected chi connectivity index (χ2v) is 8.61. The number of hydrogen-bond donors (Lipinski definition) is 1. The van der Waals surface area contributed by atoms with Gasteiger partial charge in [-0.15, -0.1) is 0 Å². The summed E-state index contributed by atoms with van der Waals surface area (Å²) in [4.78, 5) is 12.5. The Bertz CT molecular complexity index is 907. The lowest BCUT2D eigenvalue weighted by Crippen LogP contribution is -2.41. The number of anilines is 1. The van der Waals surface area contributed by atoms with Crippen LogP contribution in [0.5, 0.6) is 0 Å². The van der Waals surface area contributed by atoms with E-state index in [0.717, 1.165) is 32.8 Å². The first-order valence-corrected chi connectivity index (χ1v) is 10.3. The molecule has 0 aliphatic heterocycles. The zero-order valence-electron chi connectivity index (χ0n) is 15.9. The van der Waals surface area contributed by atoms with E-state index in [2.05, 4.69) is 11.4 Å². The highest BCUT2D eigenvalue weighted by Gasteiger charge is 2.23. The largest absolute Gasteiger partial charge is 0.348 e. The van der Waals surface area contributed by atoms with Crippen LogP contribution in [-0.4, -0.2) is 27.1 Å². The number of para-hydroxylation sites is 1. The van der Waals surface area contributed by atoms with Crippen LogP contribution >= 0.6 is 0 Å². The molecule has 2 aromatic carbocycles. The van der Waals surface area contributed by atoms with Crippen molar-refractivity contribution in [2.45, 2.75) is 33.7 Å². The summed E-state index contributed by atoms with van der Waals surface area (Å²) < 4.78 is 25.6. The van der Waals surface area contributed by atoms with Gasteiger partial charge < -0.3 is 5.32 Å². The highest BCUT2D eigenvalue weighted by molar-refractivity contribution is 7.92. The topological polar surface area (TPSA) is 66.5 Å². The van der Waals surface area contributed by atoms with Gasteiger partial charge in [-0.25, -0.2) is 8.42 Å². The molecule has 1 atom stereocenters. The van der Waals surface area contributed by atoms with Gasteiger partial charge >= 0.3 is 0 Å². The van der Waals surface area contributed by atoms with Crippen LogP contribution in [0.15, 0.2) is 42.5 Å². The van der Waals surface area contributed by atoms with Crippen LogP contribution in [0.2, 0.25) is 0 Å². The number of nitrogens with zero attached hydrogens (tertiary/aromatic N) is 1. The summed E-state index contributed by atoms with van der Waals surface area (Å²) in [6.07, 6.45) is 1.11. The van der Waals surface area contributed by atoms with Gasteiger partial charge in [-0.05, 0) is 50.5 Å². The third-order valence-corrected chi connectivity index (χ3v) is 5.47. The highest BCUT2D eigenvalue weighted by Crippen LogP contribution is 2.22. The molecular weight excluding hydrogens is 348 g/mol. The maximum atomic E-state index is 12.5. The molecule has 2 rings (SSSR count). The number of benzene rings is 2. The Hall–Kier alpha value is -2.34. The van der Waals surface area contributed by atoms with Crippen molar-refractivity contribution in [3.05, 3.63) is 64.7 Å². The maximum Gasteiger partial charge on any atom is 0.241 e. The molecule has 0 spiro atoms. The number of rotatable bonds is 6. The molecular formula is C20H26N2O3S. The zero-order valence-corrected chi connectivity index (χ0v) is 16.7. The summed E-state index contributed by atoms with van der Waals surface area (Å²) in [6.45, 7) is 7.49. The third kappa shape index (κ3) is 4.85. The fraction of sp³-hybridized carbons (Fsp3) is 0.350. The third-order valence-electron chi connectivity index (χ3n) is 4.34. The van der Waals surface area contributed by atoms with Crippen LogP contribution in [0.1, 0.15) is 35.2 Å². The molecule has 0 radical (unpaired) electrons. The van der Waals surface area contributed by atoms with E-state index in [4.69, 9.17) is 0 Å². The molecule has 0 aliphatic carbocycles. The van der Waals surface area contributed by atoms with Crippen LogP contribution in [0.25, 0.3) is 0 Å². The Morgan fingerprint density at radius 2 is 1.73 bits per heavy atom. The van der Waals surface area contributed by atoms with Gasteiger partial charge in [0.15, 0.2) is 0 Å². The van der Waals surface area contributed by atoms with Gasteiger partial charge in [0.2, 0.25) is 15.9 Å². The van der Waals surface area contributed by atoms with E-state index >= 15 is 0 Å². The van der Waals surface area contributed by atoms with Crippen LogP contribution in [0.3, 0.4) is 0 Å². The van der Waals surface area contributed by atoms with Crippen molar-refractivity contribution >= 4 is 21.6 Å². The van der Waals surface area contributed by atoms with Gasteiger partial charge in [-0.3, -0.25) is 9.10 Å². The molecule has 1 amide bonds. The SMILES string of the molecule is Cc1ccc(C(C)NC(=O)CN(c2ccccc2C)S(C)(=O)=O)c(C)c1. The Morgan fingerprint density at radius 1 is 1.08 bits per heavy atom. The number of sulfonamides is 1. The second kappa shape index (κ2) is 7.91. The summed E-state index contributed by atoms with van der Waals surface area (Å²) in [5, 5.41) is 2.90. The van der Waals surface area contributed by atoms with E-state index in [9.17, 15) is 13.2 Å². The second-order valence-electron chi connectivity index (χ2n) is 6.71. The lowest BCUT2D eigenvalue weighted by Gasteiger charge is -2.25.